The Balaban J connectivity index is 1.98. The maximum atomic E-state index is 8.78. The maximum Gasteiger partial charge on any atom is 0.0443 e. The van der Waals surface area contributed by atoms with Crippen LogP contribution < -0.4 is 0 Å². The van der Waals surface area contributed by atoms with E-state index in [1.807, 2.05) is 0 Å². The first kappa shape index (κ1) is 13.9. The molecule has 96 valence electrons. The molecular formula is C13H28N2O. The molecular weight excluding hydrogens is 200 g/mol. The summed E-state index contributed by atoms with van der Waals surface area (Å²) in [5, 5.41) is 8.78. The van der Waals surface area contributed by atoms with Gasteiger partial charge in [0.25, 0.3) is 0 Å². The van der Waals surface area contributed by atoms with E-state index < -0.39 is 0 Å². The van der Waals surface area contributed by atoms with Crippen LogP contribution in [0, 0.1) is 0 Å². The monoisotopic (exact) mass is 228 g/mol. The van der Waals surface area contributed by atoms with Crippen LogP contribution in [0.15, 0.2) is 0 Å². The van der Waals surface area contributed by atoms with Crippen molar-refractivity contribution in [1.82, 2.24) is 9.80 Å². The summed E-state index contributed by atoms with van der Waals surface area (Å²) in [6, 6.07) is 0. The molecule has 1 heterocycles. The fourth-order valence-corrected chi connectivity index (χ4v) is 2.29. The molecule has 0 amide bonds. The van der Waals surface area contributed by atoms with E-state index in [0.717, 1.165) is 13.0 Å². The van der Waals surface area contributed by atoms with E-state index in [1.54, 1.807) is 0 Å². The minimum atomic E-state index is 0.331. The van der Waals surface area contributed by atoms with Gasteiger partial charge < -0.3 is 14.9 Å². The highest BCUT2D eigenvalue weighted by molar-refractivity contribution is 4.71. The Labute approximate surface area is 100 Å². The van der Waals surface area contributed by atoms with Gasteiger partial charge in [-0.3, -0.25) is 0 Å². The van der Waals surface area contributed by atoms with E-state index in [1.165, 1.54) is 58.4 Å². The molecule has 3 nitrogen and oxygen atoms in total. The Morgan fingerprint density at radius 1 is 0.812 bits per heavy atom. The summed E-state index contributed by atoms with van der Waals surface area (Å²) in [5.41, 5.74) is 0. The van der Waals surface area contributed by atoms with E-state index >= 15 is 0 Å². The van der Waals surface area contributed by atoms with Crippen LogP contribution in [-0.4, -0.2) is 60.8 Å². The highest BCUT2D eigenvalue weighted by atomic mass is 16.3. The second kappa shape index (κ2) is 8.97. The minimum Gasteiger partial charge on any atom is -0.396 e. The quantitative estimate of drug-likeness (QED) is 0.639. The average molecular weight is 228 g/mol. The van der Waals surface area contributed by atoms with Crippen LogP contribution in [0.4, 0.5) is 0 Å². The molecule has 0 aliphatic carbocycles. The molecule has 16 heavy (non-hydrogen) atoms. The van der Waals surface area contributed by atoms with Crippen molar-refractivity contribution in [3.8, 4) is 0 Å². The van der Waals surface area contributed by atoms with Crippen molar-refractivity contribution in [2.75, 3.05) is 45.9 Å². The van der Waals surface area contributed by atoms with Crippen molar-refractivity contribution in [3.63, 3.8) is 0 Å². The van der Waals surface area contributed by atoms with Crippen molar-refractivity contribution in [1.29, 1.82) is 0 Å². The lowest BCUT2D eigenvalue weighted by Crippen LogP contribution is -2.46. The molecule has 0 aromatic rings. The summed E-state index contributed by atoms with van der Waals surface area (Å²) in [6.45, 7) is 9.77. The van der Waals surface area contributed by atoms with Gasteiger partial charge >= 0.3 is 0 Å². The van der Waals surface area contributed by atoms with E-state index in [-0.39, 0.29) is 0 Å². The van der Waals surface area contributed by atoms with E-state index in [2.05, 4.69) is 16.7 Å². The van der Waals surface area contributed by atoms with Crippen molar-refractivity contribution in [2.24, 2.45) is 0 Å². The van der Waals surface area contributed by atoms with Crippen molar-refractivity contribution in [2.45, 2.75) is 39.0 Å². The van der Waals surface area contributed by atoms with Gasteiger partial charge in [0.2, 0.25) is 0 Å². The predicted octanol–water partition coefficient (Wildman–Crippen LogP) is 1.57. The largest absolute Gasteiger partial charge is 0.396 e. The predicted molar refractivity (Wildman–Crippen MR) is 68.7 cm³/mol. The van der Waals surface area contributed by atoms with E-state index in [4.69, 9.17) is 5.11 Å². The van der Waals surface area contributed by atoms with Crippen molar-refractivity contribution < 1.29 is 5.11 Å². The molecule has 1 saturated heterocycles. The van der Waals surface area contributed by atoms with Gasteiger partial charge in [-0.15, -0.1) is 0 Å². The highest BCUT2D eigenvalue weighted by Crippen LogP contribution is 2.05. The van der Waals surface area contributed by atoms with Gasteiger partial charge in [-0.25, -0.2) is 0 Å². The normalized spacial score (nSPS) is 19.1. The number of unbranched alkanes of at least 4 members (excludes halogenated alkanes) is 3. The third-order valence-electron chi connectivity index (χ3n) is 3.43. The second-order valence-electron chi connectivity index (χ2n) is 4.82. The molecule has 0 aromatic carbocycles. The Morgan fingerprint density at radius 3 is 1.88 bits per heavy atom. The zero-order valence-corrected chi connectivity index (χ0v) is 10.8. The lowest BCUT2D eigenvalue weighted by atomic mass is 10.2. The van der Waals surface area contributed by atoms with Crippen LogP contribution in [0.1, 0.15) is 39.0 Å². The van der Waals surface area contributed by atoms with Crippen LogP contribution in [0.3, 0.4) is 0 Å². The lowest BCUT2D eigenvalue weighted by molar-refractivity contribution is 0.123. The lowest BCUT2D eigenvalue weighted by Gasteiger charge is -2.34. The minimum absolute atomic E-state index is 0.331. The third kappa shape index (κ3) is 5.83. The van der Waals surface area contributed by atoms with Gasteiger partial charge in [-0.1, -0.05) is 26.2 Å². The third-order valence-corrected chi connectivity index (χ3v) is 3.43. The zero-order valence-electron chi connectivity index (χ0n) is 10.8. The Kier molecular flexibility index (Phi) is 7.81. The van der Waals surface area contributed by atoms with Gasteiger partial charge in [0.1, 0.15) is 0 Å². The van der Waals surface area contributed by atoms with E-state index in [0.29, 0.717) is 6.61 Å². The molecule has 3 heteroatoms. The molecule has 0 radical (unpaired) electrons. The molecule has 1 N–H and O–H groups in total. The van der Waals surface area contributed by atoms with Crippen LogP contribution in [0.25, 0.3) is 0 Å². The molecule has 1 aliphatic rings. The first-order valence-electron chi connectivity index (χ1n) is 6.92. The summed E-state index contributed by atoms with van der Waals surface area (Å²) in [4.78, 5) is 5.06. The van der Waals surface area contributed by atoms with Crippen LogP contribution in [0.2, 0.25) is 0 Å². The van der Waals surface area contributed by atoms with Gasteiger partial charge in [0.15, 0.2) is 0 Å². The number of piperazine rings is 1. The molecule has 0 aromatic heterocycles. The number of aliphatic hydroxyl groups is 1. The summed E-state index contributed by atoms with van der Waals surface area (Å²) in [5.74, 6) is 0. The Hall–Kier alpha value is -0.120. The number of aliphatic hydroxyl groups excluding tert-OH is 1. The SMILES string of the molecule is CCCCCCN1CCN(CCCO)CC1. The van der Waals surface area contributed by atoms with Gasteiger partial charge in [-0.2, -0.15) is 0 Å². The van der Waals surface area contributed by atoms with E-state index in [9.17, 15) is 0 Å². The molecule has 1 rings (SSSR count). The average Bonchev–Trinajstić information content (AvgIpc) is 2.33. The number of hydrogen-bond donors (Lipinski definition) is 1. The zero-order chi connectivity index (χ0) is 11.6. The topological polar surface area (TPSA) is 26.7 Å². The molecule has 0 bridgehead atoms. The highest BCUT2D eigenvalue weighted by Gasteiger charge is 2.15. The van der Waals surface area contributed by atoms with Crippen molar-refractivity contribution >= 4 is 0 Å². The summed E-state index contributed by atoms with van der Waals surface area (Å²) >= 11 is 0. The van der Waals surface area contributed by atoms with Crippen molar-refractivity contribution in [3.05, 3.63) is 0 Å². The second-order valence-corrected chi connectivity index (χ2v) is 4.82. The molecule has 0 spiro atoms. The Bertz CT molecular complexity index is 156. The standard InChI is InChI=1S/C13H28N2O/c1-2-3-4-5-7-14-9-11-15(12-10-14)8-6-13-16/h16H,2-13H2,1H3. The Morgan fingerprint density at radius 2 is 1.38 bits per heavy atom. The van der Waals surface area contributed by atoms with Gasteiger partial charge in [-0.05, 0) is 19.4 Å². The smallest absolute Gasteiger partial charge is 0.0443 e. The molecule has 1 aliphatic heterocycles. The number of rotatable bonds is 8. The van der Waals surface area contributed by atoms with Crippen LogP contribution in [0.5, 0.6) is 0 Å². The molecule has 0 atom stereocenters. The number of hydrogen-bond acceptors (Lipinski definition) is 3. The fraction of sp³-hybridized carbons (Fsp3) is 1.00. The molecule has 0 saturated carbocycles. The summed E-state index contributed by atoms with van der Waals surface area (Å²) in [6.07, 6.45) is 6.40. The molecule has 0 unspecified atom stereocenters. The van der Waals surface area contributed by atoms with Gasteiger partial charge in [0.05, 0.1) is 0 Å². The van der Waals surface area contributed by atoms with Crippen LogP contribution >= 0.6 is 0 Å². The molecule has 1 fully saturated rings. The van der Waals surface area contributed by atoms with Gasteiger partial charge in [0, 0.05) is 39.3 Å². The number of nitrogens with zero attached hydrogens (tertiary/aromatic N) is 2. The summed E-state index contributed by atoms with van der Waals surface area (Å²) in [7, 11) is 0. The fourth-order valence-electron chi connectivity index (χ4n) is 2.29. The van der Waals surface area contributed by atoms with Crippen LogP contribution in [-0.2, 0) is 0 Å². The summed E-state index contributed by atoms with van der Waals surface area (Å²) < 4.78 is 0. The first-order chi connectivity index (χ1) is 7.86. The first-order valence-corrected chi connectivity index (χ1v) is 6.92. The maximum absolute atomic E-state index is 8.78.